The molecule has 6 nitrogen and oxygen atoms in total. The average Bonchev–Trinajstić information content (AvgIpc) is 2.89. The minimum Gasteiger partial charge on any atom is -0.350 e. The van der Waals surface area contributed by atoms with Crippen LogP contribution < -0.4 is 5.32 Å². The quantitative estimate of drug-likeness (QED) is 0.766. The van der Waals surface area contributed by atoms with Crippen LogP contribution in [0.25, 0.3) is 0 Å². The van der Waals surface area contributed by atoms with Crippen LogP contribution in [-0.4, -0.2) is 32.0 Å². The lowest BCUT2D eigenvalue weighted by Crippen LogP contribution is -2.26. The fourth-order valence-electron chi connectivity index (χ4n) is 1.35. The number of H-pyrrole nitrogens is 1. The third-order valence-electron chi connectivity index (χ3n) is 2.17. The molecule has 0 atom stereocenters. The normalized spacial score (nSPS) is 10.3. The van der Waals surface area contributed by atoms with Crippen molar-refractivity contribution in [3.63, 3.8) is 0 Å². The maximum Gasteiger partial charge on any atom is 0.271 e. The molecule has 0 bridgehead atoms. The van der Waals surface area contributed by atoms with Crippen molar-refractivity contribution in [2.75, 3.05) is 6.54 Å². The molecule has 0 saturated carbocycles. The summed E-state index contributed by atoms with van der Waals surface area (Å²) in [5.41, 5.74) is 1.44. The molecule has 0 saturated heterocycles. The third-order valence-corrected chi connectivity index (χ3v) is 2.17. The summed E-state index contributed by atoms with van der Waals surface area (Å²) < 4.78 is 1.74. The number of nitrogens with zero attached hydrogens (tertiary/aromatic N) is 3. The highest BCUT2D eigenvalue weighted by molar-refractivity contribution is 5.91. The van der Waals surface area contributed by atoms with Gasteiger partial charge in [-0.3, -0.25) is 4.79 Å². The number of carbonyl (C=O) groups is 1. The molecule has 0 aliphatic heterocycles. The summed E-state index contributed by atoms with van der Waals surface area (Å²) in [5.74, 6) is -0.153. The van der Waals surface area contributed by atoms with Crippen molar-refractivity contribution in [2.24, 2.45) is 7.05 Å². The van der Waals surface area contributed by atoms with Crippen molar-refractivity contribution in [1.82, 2.24) is 24.8 Å². The number of aromatic nitrogens is 4. The van der Waals surface area contributed by atoms with Gasteiger partial charge >= 0.3 is 0 Å². The largest absolute Gasteiger partial charge is 0.350 e. The number of hydrogen-bond acceptors (Lipinski definition) is 3. The number of imidazole rings is 2. The predicted molar refractivity (Wildman–Crippen MR) is 57.8 cm³/mol. The summed E-state index contributed by atoms with van der Waals surface area (Å²) in [4.78, 5) is 22.4. The SMILES string of the molecule is Cn1cnc(C(=O)NCCc2cnc[nH]2)c1. The van der Waals surface area contributed by atoms with Gasteiger partial charge in [0.2, 0.25) is 0 Å². The van der Waals surface area contributed by atoms with Gasteiger partial charge in [-0.15, -0.1) is 0 Å². The van der Waals surface area contributed by atoms with Crippen molar-refractivity contribution >= 4 is 5.91 Å². The first-order valence-electron chi connectivity index (χ1n) is 4.99. The average molecular weight is 219 g/mol. The van der Waals surface area contributed by atoms with Crippen LogP contribution in [0.4, 0.5) is 0 Å². The second-order valence-electron chi connectivity index (χ2n) is 3.51. The maximum atomic E-state index is 11.6. The number of aromatic amines is 1. The number of carbonyl (C=O) groups excluding carboxylic acids is 1. The highest BCUT2D eigenvalue weighted by atomic mass is 16.1. The summed E-state index contributed by atoms with van der Waals surface area (Å²) >= 11 is 0. The van der Waals surface area contributed by atoms with Crippen molar-refractivity contribution in [2.45, 2.75) is 6.42 Å². The Hall–Kier alpha value is -2.11. The molecule has 1 amide bonds. The van der Waals surface area contributed by atoms with Gasteiger partial charge in [-0.05, 0) is 0 Å². The zero-order valence-corrected chi connectivity index (χ0v) is 8.97. The number of aryl methyl sites for hydroxylation is 1. The summed E-state index contributed by atoms with van der Waals surface area (Å²) in [6, 6.07) is 0. The Morgan fingerprint density at radius 3 is 3.12 bits per heavy atom. The predicted octanol–water partition coefficient (Wildman–Crippen LogP) is 0.116. The van der Waals surface area contributed by atoms with Crippen LogP contribution in [0, 0.1) is 0 Å². The van der Waals surface area contributed by atoms with Crippen molar-refractivity contribution in [3.8, 4) is 0 Å². The Kier molecular flexibility index (Phi) is 3.00. The minimum absolute atomic E-state index is 0.153. The van der Waals surface area contributed by atoms with Crippen LogP contribution in [0.5, 0.6) is 0 Å². The third kappa shape index (κ3) is 2.47. The van der Waals surface area contributed by atoms with E-state index in [1.807, 2.05) is 7.05 Å². The highest BCUT2D eigenvalue weighted by Gasteiger charge is 2.07. The standard InChI is InChI=1S/C10H13N5O/c1-15-5-9(14-7-15)10(16)12-3-2-8-4-11-6-13-8/h4-7H,2-3H2,1H3,(H,11,13)(H,12,16). The molecule has 2 N–H and O–H groups in total. The molecule has 6 heteroatoms. The van der Waals surface area contributed by atoms with Gasteiger partial charge in [0.05, 0.1) is 12.7 Å². The number of hydrogen-bond donors (Lipinski definition) is 2. The molecule has 0 fully saturated rings. The topological polar surface area (TPSA) is 75.6 Å². The lowest BCUT2D eigenvalue weighted by molar-refractivity contribution is 0.0949. The molecule has 16 heavy (non-hydrogen) atoms. The van der Waals surface area contributed by atoms with Gasteiger partial charge in [-0.1, -0.05) is 0 Å². The van der Waals surface area contributed by atoms with E-state index >= 15 is 0 Å². The van der Waals surface area contributed by atoms with Gasteiger partial charge in [-0.25, -0.2) is 9.97 Å². The first kappa shape index (κ1) is 10.4. The van der Waals surface area contributed by atoms with E-state index in [1.165, 1.54) is 0 Å². The first-order valence-corrected chi connectivity index (χ1v) is 4.99. The van der Waals surface area contributed by atoms with E-state index in [4.69, 9.17) is 0 Å². The van der Waals surface area contributed by atoms with E-state index < -0.39 is 0 Å². The molecule has 2 heterocycles. The Morgan fingerprint density at radius 2 is 2.50 bits per heavy atom. The van der Waals surface area contributed by atoms with Gasteiger partial charge in [0.15, 0.2) is 0 Å². The molecule has 2 rings (SSSR count). The second kappa shape index (κ2) is 4.61. The van der Waals surface area contributed by atoms with Crippen molar-refractivity contribution in [1.29, 1.82) is 0 Å². The molecule has 2 aromatic rings. The van der Waals surface area contributed by atoms with E-state index in [1.54, 1.807) is 29.6 Å². The van der Waals surface area contributed by atoms with Crippen LogP contribution in [0.2, 0.25) is 0 Å². The van der Waals surface area contributed by atoms with Gasteiger partial charge in [0, 0.05) is 38.1 Å². The van der Waals surface area contributed by atoms with Gasteiger partial charge < -0.3 is 14.9 Å². The Morgan fingerprint density at radius 1 is 1.62 bits per heavy atom. The van der Waals surface area contributed by atoms with Crippen LogP contribution in [-0.2, 0) is 13.5 Å². The molecular formula is C10H13N5O. The van der Waals surface area contributed by atoms with Crippen LogP contribution >= 0.6 is 0 Å². The molecule has 0 spiro atoms. The second-order valence-corrected chi connectivity index (χ2v) is 3.51. The molecule has 0 unspecified atom stereocenters. The summed E-state index contributed by atoms with van der Waals surface area (Å²) in [5, 5.41) is 2.79. The van der Waals surface area contributed by atoms with E-state index in [9.17, 15) is 4.79 Å². The summed E-state index contributed by atoms with van der Waals surface area (Å²) in [6.45, 7) is 0.567. The molecule has 2 aromatic heterocycles. The van der Waals surface area contributed by atoms with Crippen molar-refractivity contribution < 1.29 is 4.79 Å². The van der Waals surface area contributed by atoms with E-state index in [2.05, 4.69) is 20.3 Å². The lowest BCUT2D eigenvalue weighted by Gasteiger charge is -2.01. The van der Waals surface area contributed by atoms with Crippen LogP contribution in [0.3, 0.4) is 0 Å². The zero-order valence-electron chi connectivity index (χ0n) is 8.97. The van der Waals surface area contributed by atoms with Gasteiger partial charge in [-0.2, -0.15) is 0 Å². The van der Waals surface area contributed by atoms with Crippen LogP contribution in [0.1, 0.15) is 16.2 Å². The first-order chi connectivity index (χ1) is 7.75. The molecule has 0 aliphatic rings. The number of rotatable bonds is 4. The number of amides is 1. The van der Waals surface area contributed by atoms with Crippen molar-refractivity contribution in [3.05, 3.63) is 36.4 Å². The van der Waals surface area contributed by atoms with E-state index in [0.717, 1.165) is 12.1 Å². The zero-order chi connectivity index (χ0) is 11.4. The molecule has 0 radical (unpaired) electrons. The molecule has 0 aromatic carbocycles. The minimum atomic E-state index is -0.153. The van der Waals surface area contributed by atoms with Crippen LogP contribution in [0.15, 0.2) is 25.0 Å². The fourth-order valence-corrected chi connectivity index (χ4v) is 1.35. The highest BCUT2D eigenvalue weighted by Crippen LogP contribution is 1.95. The fraction of sp³-hybridized carbons (Fsp3) is 0.300. The Labute approximate surface area is 92.7 Å². The molecule has 0 aliphatic carbocycles. The monoisotopic (exact) mass is 219 g/mol. The van der Waals surface area contributed by atoms with E-state index in [-0.39, 0.29) is 5.91 Å². The maximum absolute atomic E-state index is 11.6. The lowest BCUT2D eigenvalue weighted by atomic mass is 10.3. The van der Waals surface area contributed by atoms with E-state index in [0.29, 0.717) is 12.2 Å². The summed E-state index contributed by atoms with van der Waals surface area (Å²) in [6.07, 6.45) is 7.39. The molecular weight excluding hydrogens is 206 g/mol. The number of nitrogens with one attached hydrogen (secondary N) is 2. The van der Waals surface area contributed by atoms with Gasteiger partial charge in [0.25, 0.3) is 5.91 Å². The Balaban J connectivity index is 1.80. The van der Waals surface area contributed by atoms with Gasteiger partial charge in [0.1, 0.15) is 5.69 Å². The Bertz CT molecular complexity index is 459. The molecule has 84 valence electrons. The smallest absolute Gasteiger partial charge is 0.271 e. The summed E-state index contributed by atoms with van der Waals surface area (Å²) in [7, 11) is 1.83.